The summed E-state index contributed by atoms with van der Waals surface area (Å²) in [7, 11) is 1.62. The fraction of sp³-hybridized carbons (Fsp3) is 0.200. The van der Waals surface area contributed by atoms with Crippen molar-refractivity contribution in [1.29, 1.82) is 0 Å². The monoisotopic (exact) mass is 298 g/mol. The van der Waals surface area contributed by atoms with Gasteiger partial charge >= 0.3 is 0 Å². The van der Waals surface area contributed by atoms with Crippen LogP contribution in [0, 0.1) is 12.7 Å². The van der Waals surface area contributed by atoms with Crippen molar-refractivity contribution in [3.05, 3.63) is 63.9 Å². The van der Waals surface area contributed by atoms with Gasteiger partial charge in [0.05, 0.1) is 17.5 Å². The highest BCUT2D eigenvalue weighted by Crippen LogP contribution is 2.34. The summed E-state index contributed by atoms with van der Waals surface area (Å²) in [5.74, 6) is 0.336. The Balaban J connectivity index is 2.38. The largest absolute Gasteiger partial charge is 0.497 e. The van der Waals surface area contributed by atoms with Crippen LogP contribution in [-0.4, -0.2) is 7.11 Å². The highest BCUT2D eigenvalue weighted by molar-refractivity contribution is 6.31. The van der Waals surface area contributed by atoms with Crippen LogP contribution in [0.3, 0.4) is 0 Å². The number of hydrogen-bond acceptors (Lipinski definition) is 1. The predicted octanol–water partition coefficient (Wildman–Crippen LogP) is 5.12. The van der Waals surface area contributed by atoms with Gasteiger partial charge in [0, 0.05) is 0 Å². The first-order chi connectivity index (χ1) is 9.02. The minimum atomic E-state index is -0.444. The van der Waals surface area contributed by atoms with E-state index < -0.39 is 5.82 Å². The second-order valence-corrected chi connectivity index (χ2v) is 5.10. The Bertz CT molecular complexity index is 599. The van der Waals surface area contributed by atoms with Crippen LogP contribution in [0.25, 0.3) is 0 Å². The number of ether oxygens (including phenoxy) is 1. The number of hydrogen-bond donors (Lipinski definition) is 0. The molecule has 1 atom stereocenters. The van der Waals surface area contributed by atoms with E-state index in [-0.39, 0.29) is 10.4 Å². The molecule has 0 aliphatic carbocycles. The van der Waals surface area contributed by atoms with E-state index >= 15 is 0 Å². The lowest BCUT2D eigenvalue weighted by atomic mass is 10.00. The van der Waals surface area contributed by atoms with Gasteiger partial charge in [-0.2, -0.15) is 0 Å². The van der Waals surface area contributed by atoms with Crippen molar-refractivity contribution in [3.63, 3.8) is 0 Å². The molecule has 0 bridgehead atoms. The topological polar surface area (TPSA) is 9.23 Å². The van der Waals surface area contributed by atoms with E-state index in [0.717, 1.165) is 22.4 Å². The first kappa shape index (κ1) is 14.2. The summed E-state index contributed by atoms with van der Waals surface area (Å²) in [5.41, 5.74) is 2.73. The highest BCUT2D eigenvalue weighted by atomic mass is 35.5. The fourth-order valence-electron chi connectivity index (χ4n) is 1.91. The summed E-state index contributed by atoms with van der Waals surface area (Å²) >= 11 is 12.2. The molecule has 0 amide bonds. The molecule has 100 valence electrons. The van der Waals surface area contributed by atoms with Crippen LogP contribution in [0.2, 0.25) is 5.02 Å². The smallest absolute Gasteiger partial charge is 0.141 e. The van der Waals surface area contributed by atoms with Gasteiger partial charge in [-0.1, -0.05) is 23.7 Å². The average molecular weight is 299 g/mol. The molecule has 1 nitrogen and oxygen atoms in total. The molecule has 4 heteroatoms. The molecule has 2 aromatic carbocycles. The zero-order chi connectivity index (χ0) is 14.0. The molecule has 0 N–H and O–H groups in total. The molecule has 2 rings (SSSR count). The number of benzene rings is 2. The molecule has 2 aromatic rings. The van der Waals surface area contributed by atoms with Crippen LogP contribution in [0.1, 0.15) is 22.1 Å². The van der Waals surface area contributed by atoms with Gasteiger partial charge in [-0.25, -0.2) is 4.39 Å². The number of aryl methyl sites for hydroxylation is 1. The Morgan fingerprint density at radius 1 is 1.16 bits per heavy atom. The van der Waals surface area contributed by atoms with Crippen LogP contribution in [0.5, 0.6) is 5.75 Å². The van der Waals surface area contributed by atoms with E-state index in [4.69, 9.17) is 27.9 Å². The molecule has 0 radical (unpaired) electrons. The summed E-state index contributed by atoms with van der Waals surface area (Å²) in [4.78, 5) is 0. The van der Waals surface area contributed by atoms with Gasteiger partial charge < -0.3 is 4.74 Å². The second kappa shape index (κ2) is 5.81. The fourth-order valence-corrected chi connectivity index (χ4v) is 2.48. The second-order valence-electron chi connectivity index (χ2n) is 4.26. The SMILES string of the molecule is COc1ccc(C(Cl)c2ccc(F)c(Cl)c2)c(C)c1. The van der Waals surface area contributed by atoms with Crippen molar-refractivity contribution in [2.75, 3.05) is 7.11 Å². The quantitative estimate of drug-likeness (QED) is 0.714. The van der Waals surface area contributed by atoms with Gasteiger partial charge in [0.2, 0.25) is 0 Å². The Morgan fingerprint density at radius 2 is 1.89 bits per heavy atom. The Labute approximate surface area is 121 Å². The zero-order valence-electron chi connectivity index (χ0n) is 10.6. The summed E-state index contributed by atoms with van der Waals surface area (Å²) < 4.78 is 18.3. The number of rotatable bonds is 3. The van der Waals surface area contributed by atoms with Gasteiger partial charge in [0.25, 0.3) is 0 Å². The van der Waals surface area contributed by atoms with E-state index in [1.54, 1.807) is 19.2 Å². The molecule has 0 saturated heterocycles. The maximum absolute atomic E-state index is 13.2. The zero-order valence-corrected chi connectivity index (χ0v) is 12.1. The Kier molecular flexibility index (Phi) is 4.33. The van der Waals surface area contributed by atoms with Crippen LogP contribution in [0.4, 0.5) is 4.39 Å². The average Bonchev–Trinajstić information content (AvgIpc) is 2.41. The van der Waals surface area contributed by atoms with E-state index in [0.29, 0.717) is 0 Å². The molecule has 0 aliphatic rings. The lowest BCUT2D eigenvalue weighted by Gasteiger charge is -2.14. The van der Waals surface area contributed by atoms with Crippen LogP contribution in [0.15, 0.2) is 36.4 Å². The van der Waals surface area contributed by atoms with Crippen molar-refractivity contribution < 1.29 is 9.13 Å². The van der Waals surface area contributed by atoms with Gasteiger partial charge in [0.1, 0.15) is 11.6 Å². The summed E-state index contributed by atoms with van der Waals surface area (Å²) in [5, 5.41) is -0.293. The van der Waals surface area contributed by atoms with Gasteiger partial charge in [-0.3, -0.25) is 0 Å². The predicted molar refractivity (Wildman–Crippen MR) is 76.8 cm³/mol. The van der Waals surface area contributed by atoms with E-state index in [2.05, 4.69) is 0 Å². The number of methoxy groups -OCH3 is 1. The van der Waals surface area contributed by atoms with Crippen LogP contribution < -0.4 is 4.74 Å². The minimum absolute atomic E-state index is 0.0781. The van der Waals surface area contributed by atoms with Crippen molar-refractivity contribution in [3.8, 4) is 5.75 Å². The third kappa shape index (κ3) is 3.02. The molecule has 0 spiro atoms. The normalized spacial score (nSPS) is 12.3. The molecular formula is C15H13Cl2FO. The number of halogens is 3. The molecule has 0 aliphatic heterocycles. The lowest BCUT2D eigenvalue weighted by Crippen LogP contribution is -1.97. The first-order valence-corrected chi connectivity index (χ1v) is 6.58. The molecule has 0 heterocycles. The molecular weight excluding hydrogens is 286 g/mol. The molecule has 0 aromatic heterocycles. The van der Waals surface area contributed by atoms with Crippen LogP contribution in [-0.2, 0) is 0 Å². The van der Waals surface area contributed by atoms with E-state index in [9.17, 15) is 4.39 Å². The highest BCUT2D eigenvalue weighted by Gasteiger charge is 2.15. The minimum Gasteiger partial charge on any atom is -0.497 e. The van der Waals surface area contributed by atoms with Gasteiger partial charge in [-0.15, -0.1) is 11.6 Å². The van der Waals surface area contributed by atoms with Crippen molar-refractivity contribution in [2.24, 2.45) is 0 Å². The maximum atomic E-state index is 13.2. The molecule has 0 saturated carbocycles. The molecule has 0 fully saturated rings. The van der Waals surface area contributed by atoms with Gasteiger partial charge in [-0.05, 0) is 47.9 Å². The molecule has 1 unspecified atom stereocenters. The van der Waals surface area contributed by atoms with Crippen molar-refractivity contribution >= 4 is 23.2 Å². The van der Waals surface area contributed by atoms with Crippen LogP contribution >= 0.6 is 23.2 Å². The third-order valence-corrected chi connectivity index (χ3v) is 3.76. The summed E-state index contributed by atoms with van der Waals surface area (Å²) in [6, 6.07) is 10.2. The maximum Gasteiger partial charge on any atom is 0.141 e. The Morgan fingerprint density at radius 3 is 2.47 bits per heavy atom. The molecule has 19 heavy (non-hydrogen) atoms. The first-order valence-electron chi connectivity index (χ1n) is 5.76. The van der Waals surface area contributed by atoms with Crippen molar-refractivity contribution in [2.45, 2.75) is 12.3 Å². The van der Waals surface area contributed by atoms with Gasteiger partial charge in [0.15, 0.2) is 0 Å². The number of alkyl halides is 1. The standard InChI is InChI=1S/C15H13Cl2FO/c1-9-7-11(19-2)4-5-12(9)15(17)10-3-6-14(18)13(16)8-10/h3-8,15H,1-2H3. The third-order valence-electron chi connectivity index (χ3n) is 2.99. The van der Waals surface area contributed by atoms with E-state index in [1.165, 1.54) is 6.07 Å². The van der Waals surface area contributed by atoms with E-state index in [1.807, 2.05) is 25.1 Å². The lowest BCUT2D eigenvalue weighted by molar-refractivity contribution is 0.414. The Hall–Kier alpha value is -1.25. The summed E-state index contributed by atoms with van der Waals surface area (Å²) in [6.07, 6.45) is 0. The summed E-state index contributed by atoms with van der Waals surface area (Å²) in [6.45, 7) is 1.96. The van der Waals surface area contributed by atoms with Crippen molar-refractivity contribution in [1.82, 2.24) is 0 Å².